The highest BCUT2D eigenvalue weighted by Gasteiger charge is 2.20. The highest BCUT2D eigenvalue weighted by Crippen LogP contribution is 2.16. The summed E-state index contributed by atoms with van der Waals surface area (Å²) in [4.78, 5) is 19.3. The van der Waals surface area contributed by atoms with Crippen LogP contribution < -0.4 is 10.9 Å². The van der Waals surface area contributed by atoms with Crippen molar-refractivity contribution in [1.82, 2.24) is 14.5 Å². The molecule has 1 fully saturated rings. The molecular formula is C22H30N4OS. The number of nitrogens with one attached hydrogen (secondary N) is 1. The van der Waals surface area contributed by atoms with Crippen molar-refractivity contribution in [3.63, 3.8) is 0 Å². The van der Waals surface area contributed by atoms with Crippen molar-refractivity contribution in [3.8, 4) is 0 Å². The summed E-state index contributed by atoms with van der Waals surface area (Å²) >= 11 is 1.74. The molecule has 6 heteroatoms. The van der Waals surface area contributed by atoms with E-state index in [-0.39, 0.29) is 5.56 Å². The van der Waals surface area contributed by atoms with Crippen LogP contribution in [-0.2, 0) is 6.54 Å². The van der Waals surface area contributed by atoms with E-state index in [1.165, 1.54) is 11.1 Å². The molecule has 0 amide bonds. The number of nitrogens with zero attached hydrogens (tertiary/aromatic N) is 3. The van der Waals surface area contributed by atoms with E-state index in [4.69, 9.17) is 0 Å². The molecule has 1 aliphatic heterocycles. The number of anilines is 1. The normalized spacial score (nSPS) is 16.3. The number of thioether (sulfide) groups is 1. The van der Waals surface area contributed by atoms with Crippen molar-refractivity contribution in [3.05, 3.63) is 64.2 Å². The smallest absolute Gasteiger partial charge is 0.293 e. The van der Waals surface area contributed by atoms with E-state index in [1.807, 2.05) is 6.07 Å². The van der Waals surface area contributed by atoms with E-state index in [0.29, 0.717) is 11.9 Å². The second kappa shape index (κ2) is 10.5. The van der Waals surface area contributed by atoms with E-state index in [2.05, 4.69) is 58.7 Å². The van der Waals surface area contributed by atoms with Crippen molar-refractivity contribution in [2.24, 2.45) is 0 Å². The van der Waals surface area contributed by atoms with Gasteiger partial charge in [-0.25, -0.2) is 4.98 Å². The van der Waals surface area contributed by atoms with Gasteiger partial charge in [-0.15, -0.1) is 0 Å². The van der Waals surface area contributed by atoms with Crippen molar-refractivity contribution < 1.29 is 0 Å². The monoisotopic (exact) mass is 398 g/mol. The zero-order chi connectivity index (χ0) is 19.8. The summed E-state index contributed by atoms with van der Waals surface area (Å²) in [5.41, 5.74) is 2.61. The third kappa shape index (κ3) is 5.97. The van der Waals surface area contributed by atoms with Gasteiger partial charge in [0.05, 0.1) is 0 Å². The predicted molar refractivity (Wildman–Crippen MR) is 120 cm³/mol. The summed E-state index contributed by atoms with van der Waals surface area (Å²) in [5, 5.41) is 3.39. The largest absolute Gasteiger partial charge is 0.363 e. The third-order valence-corrected chi connectivity index (χ3v) is 5.65. The van der Waals surface area contributed by atoms with Crippen LogP contribution in [0.4, 0.5) is 5.82 Å². The molecule has 0 spiro atoms. The molecule has 5 nitrogen and oxygen atoms in total. The van der Waals surface area contributed by atoms with Crippen LogP contribution in [0.25, 0.3) is 6.08 Å². The Balaban J connectivity index is 1.51. The van der Waals surface area contributed by atoms with Crippen molar-refractivity contribution in [2.45, 2.75) is 32.4 Å². The molecule has 1 aliphatic rings. The van der Waals surface area contributed by atoms with E-state index in [1.54, 1.807) is 28.7 Å². The van der Waals surface area contributed by atoms with E-state index in [0.717, 1.165) is 44.8 Å². The molecule has 0 saturated carbocycles. The quantitative estimate of drug-likeness (QED) is 0.736. The summed E-state index contributed by atoms with van der Waals surface area (Å²) in [5.74, 6) is 1.42. The maximum absolute atomic E-state index is 12.5. The van der Waals surface area contributed by atoms with Crippen LogP contribution in [0.3, 0.4) is 0 Å². The van der Waals surface area contributed by atoms with Gasteiger partial charge in [0, 0.05) is 50.4 Å². The first-order chi connectivity index (χ1) is 13.7. The number of piperidine rings is 1. The number of hydrogen-bond acceptors (Lipinski definition) is 5. The Bertz CT molecular complexity index is 826. The third-order valence-electron chi connectivity index (χ3n) is 5.06. The standard InChI is InChI=1S/C22H30N4OS/c1-18(16-19-6-4-3-5-7-19)17-25-11-8-20(9-12-25)24-21-22(27)26(13-10-23-21)14-15-28-2/h3-7,10,13,16,20H,8-9,11-12,14-15,17H2,1-2H3,(H,23,24)/b18-16+. The molecule has 2 heterocycles. The molecule has 0 unspecified atom stereocenters. The summed E-state index contributed by atoms with van der Waals surface area (Å²) in [6.07, 6.45) is 9.86. The molecule has 2 aromatic rings. The van der Waals surface area contributed by atoms with Crippen LogP contribution in [0.5, 0.6) is 0 Å². The molecule has 150 valence electrons. The Hall–Kier alpha value is -2.05. The number of likely N-dealkylation sites (tertiary alicyclic amines) is 1. The second-order valence-electron chi connectivity index (χ2n) is 7.36. The van der Waals surface area contributed by atoms with Crippen molar-refractivity contribution >= 4 is 23.7 Å². The Morgan fingerprint density at radius 2 is 2.04 bits per heavy atom. The summed E-state index contributed by atoms with van der Waals surface area (Å²) < 4.78 is 1.75. The van der Waals surface area contributed by atoms with Crippen LogP contribution in [0.1, 0.15) is 25.3 Å². The lowest BCUT2D eigenvalue weighted by Crippen LogP contribution is -2.41. The van der Waals surface area contributed by atoms with Crippen LogP contribution in [0.15, 0.2) is 53.1 Å². The zero-order valence-electron chi connectivity index (χ0n) is 16.8. The van der Waals surface area contributed by atoms with Gasteiger partial charge in [-0.3, -0.25) is 9.69 Å². The summed E-state index contributed by atoms with van der Waals surface area (Å²) in [6, 6.07) is 10.8. The van der Waals surface area contributed by atoms with Gasteiger partial charge in [0.25, 0.3) is 5.56 Å². The van der Waals surface area contributed by atoms with Gasteiger partial charge >= 0.3 is 0 Å². The Morgan fingerprint density at radius 1 is 1.29 bits per heavy atom. The van der Waals surface area contributed by atoms with Gasteiger partial charge in [-0.05, 0) is 31.6 Å². The highest BCUT2D eigenvalue weighted by atomic mass is 32.2. The molecule has 1 aromatic heterocycles. The summed E-state index contributed by atoms with van der Waals surface area (Å²) in [7, 11) is 0. The minimum atomic E-state index is -0.0133. The average molecular weight is 399 g/mol. The fourth-order valence-corrected chi connectivity index (χ4v) is 3.95. The van der Waals surface area contributed by atoms with Gasteiger partial charge in [0.1, 0.15) is 0 Å². The molecule has 28 heavy (non-hydrogen) atoms. The number of aryl methyl sites for hydroxylation is 1. The number of hydrogen-bond donors (Lipinski definition) is 1. The van der Waals surface area contributed by atoms with Crippen LogP contribution in [-0.4, -0.2) is 52.1 Å². The Labute approximate surface area is 171 Å². The first-order valence-corrected chi connectivity index (χ1v) is 11.3. The van der Waals surface area contributed by atoms with Crippen LogP contribution in [0, 0.1) is 0 Å². The minimum absolute atomic E-state index is 0.0133. The molecule has 3 rings (SSSR count). The molecule has 1 N–H and O–H groups in total. The highest BCUT2D eigenvalue weighted by molar-refractivity contribution is 7.98. The molecule has 0 atom stereocenters. The number of benzene rings is 1. The lowest BCUT2D eigenvalue weighted by Gasteiger charge is -2.32. The predicted octanol–water partition coefficient (Wildman–Crippen LogP) is 3.59. The summed E-state index contributed by atoms with van der Waals surface area (Å²) in [6.45, 7) is 5.98. The number of rotatable bonds is 8. The molecular weight excluding hydrogens is 368 g/mol. The maximum Gasteiger partial charge on any atom is 0.293 e. The molecule has 1 saturated heterocycles. The SMILES string of the molecule is CSCCn1ccnc(NC2CCN(C/C(C)=C/c3ccccc3)CC2)c1=O. The fraction of sp³-hybridized carbons (Fsp3) is 0.455. The molecule has 0 bridgehead atoms. The topological polar surface area (TPSA) is 50.2 Å². The van der Waals surface area contributed by atoms with E-state index in [9.17, 15) is 4.79 Å². The van der Waals surface area contributed by atoms with Crippen LogP contribution in [0.2, 0.25) is 0 Å². The van der Waals surface area contributed by atoms with Gasteiger partial charge in [-0.1, -0.05) is 42.0 Å². The molecule has 0 aliphatic carbocycles. The van der Waals surface area contributed by atoms with Crippen LogP contribution >= 0.6 is 11.8 Å². The van der Waals surface area contributed by atoms with E-state index >= 15 is 0 Å². The average Bonchev–Trinajstić information content (AvgIpc) is 2.71. The van der Waals surface area contributed by atoms with Gasteiger partial charge < -0.3 is 9.88 Å². The lowest BCUT2D eigenvalue weighted by atomic mass is 10.0. The van der Waals surface area contributed by atoms with Gasteiger partial charge in [-0.2, -0.15) is 11.8 Å². The van der Waals surface area contributed by atoms with Gasteiger partial charge in [0.2, 0.25) is 0 Å². The molecule has 0 radical (unpaired) electrons. The minimum Gasteiger partial charge on any atom is -0.363 e. The zero-order valence-corrected chi connectivity index (χ0v) is 17.6. The lowest BCUT2D eigenvalue weighted by molar-refractivity contribution is 0.236. The van der Waals surface area contributed by atoms with Crippen molar-refractivity contribution in [1.29, 1.82) is 0 Å². The molecule has 1 aromatic carbocycles. The Morgan fingerprint density at radius 3 is 2.75 bits per heavy atom. The van der Waals surface area contributed by atoms with Gasteiger partial charge in [0.15, 0.2) is 5.82 Å². The second-order valence-corrected chi connectivity index (χ2v) is 8.35. The van der Waals surface area contributed by atoms with E-state index < -0.39 is 0 Å². The Kier molecular flexibility index (Phi) is 7.74. The first-order valence-electron chi connectivity index (χ1n) is 9.91. The first kappa shape index (κ1) is 20.7. The fourth-order valence-electron chi connectivity index (χ4n) is 3.57. The van der Waals surface area contributed by atoms with Crippen molar-refractivity contribution in [2.75, 3.05) is 37.0 Å². The maximum atomic E-state index is 12.5. The number of aromatic nitrogens is 2.